The number of nitrogens with zero attached hydrogens (tertiary/aromatic N) is 4. The first kappa shape index (κ1) is 24.6. The van der Waals surface area contributed by atoms with Crippen molar-refractivity contribution in [3.05, 3.63) is 68.8 Å². The van der Waals surface area contributed by atoms with Crippen molar-refractivity contribution in [2.45, 2.75) is 37.1 Å². The summed E-state index contributed by atoms with van der Waals surface area (Å²) in [6.07, 6.45) is -2.12. The fourth-order valence-electron chi connectivity index (χ4n) is 4.58. The number of rotatable bonds is 2. The lowest BCUT2D eigenvalue weighted by Crippen LogP contribution is -2.58. The molecule has 0 amide bonds. The van der Waals surface area contributed by atoms with Gasteiger partial charge in [0.25, 0.3) is 0 Å². The van der Waals surface area contributed by atoms with Crippen LogP contribution in [0.25, 0.3) is 0 Å². The summed E-state index contributed by atoms with van der Waals surface area (Å²) >= 11 is 14.3. The number of guanidine groups is 1. The van der Waals surface area contributed by atoms with E-state index in [-0.39, 0.29) is 0 Å². The molecule has 2 aromatic rings. The Bertz CT molecular complexity index is 1160. The minimum Gasteiger partial charge on any atom is -0.342 e. The quantitative estimate of drug-likeness (QED) is 0.512. The molecule has 4 N–H and O–H groups in total. The van der Waals surface area contributed by atoms with Crippen LogP contribution in [0, 0.1) is 0 Å². The first-order chi connectivity index (χ1) is 16.7. The summed E-state index contributed by atoms with van der Waals surface area (Å²) in [5.41, 5.74) is 13.6. The van der Waals surface area contributed by atoms with Gasteiger partial charge in [-0.05, 0) is 55.7 Å². The van der Waals surface area contributed by atoms with E-state index < -0.39 is 23.4 Å². The summed E-state index contributed by atoms with van der Waals surface area (Å²) in [6.45, 7) is 1.56. The van der Waals surface area contributed by atoms with Gasteiger partial charge in [-0.1, -0.05) is 41.0 Å². The number of anilines is 2. The summed E-state index contributed by atoms with van der Waals surface area (Å²) in [4.78, 5) is 10.6. The lowest BCUT2D eigenvalue weighted by atomic mass is 10.1. The zero-order valence-corrected chi connectivity index (χ0v) is 20.8. The molecule has 0 spiro atoms. The topological polar surface area (TPSA) is 74.1 Å². The van der Waals surface area contributed by atoms with E-state index in [1.165, 1.54) is 23.9 Å². The number of likely N-dealkylation sites (tertiary alicyclic amines) is 1. The Balaban J connectivity index is 1.62. The molecule has 0 bridgehead atoms. The zero-order chi connectivity index (χ0) is 24.9. The second-order valence-electron chi connectivity index (χ2n) is 8.46. The molecule has 0 aromatic heterocycles. The lowest BCUT2D eigenvalue weighted by Gasteiger charge is -2.43. The molecule has 2 atom stereocenters. The molecule has 3 aliphatic heterocycles. The van der Waals surface area contributed by atoms with Crippen molar-refractivity contribution < 1.29 is 13.2 Å². The van der Waals surface area contributed by atoms with Crippen LogP contribution in [-0.2, 0) is 6.18 Å². The monoisotopic (exact) mass is 542 g/mol. The van der Waals surface area contributed by atoms with E-state index in [1.807, 2.05) is 0 Å². The van der Waals surface area contributed by atoms with Gasteiger partial charge in [0.15, 0.2) is 0 Å². The third-order valence-corrected chi connectivity index (χ3v) is 7.82. The standard InChI is InChI=1S/C23H23Cl2F3N6S/c24-15-5-4-6-16(25)17(15)34-18-19(29)33(14-9-7-13(8-10-14)23(26,27)28)22(31-20(18)35-21(34)30)32-11-2-1-3-12-32/h4-10,19,21H,1-3,11-12,29-30H2. The minimum atomic E-state index is -4.44. The van der Waals surface area contributed by atoms with Crippen LogP contribution < -0.4 is 21.3 Å². The van der Waals surface area contributed by atoms with Crippen LogP contribution in [0.1, 0.15) is 24.8 Å². The van der Waals surface area contributed by atoms with Crippen LogP contribution in [0.15, 0.2) is 58.2 Å². The molecule has 2 unspecified atom stereocenters. The molecule has 0 saturated carbocycles. The van der Waals surface area contributed by atoms with E-state index in [1.54, 1.807) is 28.0 Å². The second kappa shape index (κ2) is 9.40. The highest BCUT2D eigenvalue weighted by atomic mass is 35.5. The van der Waals surface area contributed by atoms with Crippen molar-refractivity contribution in [3.63, 3.8) is 0 Å². The number of hydrogen-bond donors (Lipinski definition) is 2. The molecule has 35 heavy (non-hydrogen) atoms. The van der Waals surface area contributed by atoms with Crippen molar-refractivity contribution in [1.82, 2.24) is 4.90 Å². The number of hydrogen-bond acceptors (Lipinski definition) is 7. The van der Waals surface area contributed by atoms with Crippen molar-refractivity contribution >= 4 is 52.3 Å². The van der Waals surface area contributed by atoms with Gasteiger partial charge in [0, 0.05) is 18.8 Å². The lowest BCUT2D eigenvalue weighted by molar-refractivity contribution is -0.137. The Kier molecular flexibility index (Phi) is 6.60. The van der Waals surface area contributed by atoms with Gasteiger partial charge in [-0.25, -0.2) is 4.99 Å². The number of aliphatic imine (C=N–C) groups is 1. The first-order valence-corrected chi connectivity index (χ1v) is 12.8. The van der Waals surface area contributed by atoms with E-state index in [9.17, 15) is 13.2 Å². The van der Waals surface area contributed by atoms with Crippen LogP contribution in [-0.4, -0.2) is 35.6 Å². The normalized spacial score (nSPS) is 23.1. The number of halogens is 5. The number of nitrogens with two attached hydrogens (primary N) is 2. The summed E-state index contributed by atoms with van der Waals surface area (Å²) in [6, 6.07) is 10.1. The molecule has 1 fully saturated rings. The fraction of sp³-hybridized carbons (Fsp3) is 0.348. The van der Waals surface area contributed by atoms with E-state index in [0.29, 0.717) is 38.1 Å². The van der Waals surface area contributed by atoms with Gasteiger partial charge in [0.05, 0.1) is 27.0 Å². The maximum absolute atomic E-state index is 13.2. The molecule has 2 aromatic carbocycles. The number of alkyl halides is 3. The molecule has 1 saturated heterocycles. The maximum Gasteiger partial charge on any atom is 0.416 e. The Morgan fingerprint density at radius 2 is 1.54 bits per heavy atom. The van der Waals surface area contributed by atoms with Gasteiger partial charge in [-0.15, -0.1) is 0 Å². The average Bonchev–Trinajstić information content (AvgIpc) is 3.15. The van der Waals surface area contributed by atoms with Crippen molar-refractivity contribution in [1.29, 1.82) is 0 Å². The zero-order valence-electron chi connectivity index (χ0n) is 18.5. The summed E-state index contributed by atoms with van der Waals surface area (Å²) < 4.78 is 39.6. The van der Waals surface area contributed by atoms with Gasteiger partial charge >= 0.3 is 6.18 Å². The van der Waals surface area contributed by atoms with Crippen LogP contribution in [0.2, 0.25) is 10.0 Å². The molecule has 0 radical (unpaired) electrons. The second-order valence-corrected chi connectivity index (χ2v) is 10.4. The highest BCUT2D eigenvalue weighted by Crippen LogP contribution is 2.48. The number of para-hydroxylation sites is 1. The van der Waals surface area contributed by atoms with Crippen LogP contribution in [0.5, 0.6) is 0 Å². The molecule has 12 heteroatoms. The molecular weight excluding hydrogens is 520 g/mol. The average molecular weight is 543 g/mol. The highest BCUT2D eigenvalue weighted by Gasteiger charge is 2.44. The number of benzene rings is 2. The third kappa shape index (κ3) is 4.46. The molecular formula is C23H23Cl2F3N6S. The Labute approximate surface area is 215 Å². The summed E-state index contributed by atoms with van der Waals surface area (Å²) in [5.74, 6) is 0.600. The van der Waals surface area contributed by atoms with Gasteiger partial charge in [0.1, 0.15) is 16.7 Å². The van der Waals surface area contributed by atoms with Gasteiger partial charge < -0.3 is 21.3 Å². The van der Waals surface area contributed by atoms with E-state index in [2.05, 4.69) is 4.90 Å². The Hall–Kier alpha value is -2.11. The molecule has 0 aliphatic carbocycles. The molecule has 186 valence electrons. The van der Waals surface area contributed by atoms with Gasteiger partial charge in [-0.2, -0.15) is 13.2 Å². The number of piperidine rings is 1. The predicted octanol–water partition coefficient (Wildman–Crippen LogP) is 5.62. The SMILES string of the molecule is NC1SC2=C(C(N)N(c3ccc(C(F)(F)F)cc3)C(N3CCCCC3)=N2)N1c1c(Cl)cccc1Cl. The molecule has 6 nitrogen and oxygen atoms in total. The van der Waals surface area contributed by atoms with Crippen molar-refractivity contribution in [3.8, 4) is 0 Å². The van der Waals surface area contributed by atoms with E-state index in [4.69, 9.17) is 39.7 Å². The smallest absolute Gasteiger partial charge is 0.342 e. The fourth-order valence-corrected chi connectivity index (χ4v) is 6.19. The molecule has 5 rings (SSSR count). The molecule has 3 aliphatic rings. The molecule has 3 heterocycles. The van der Waals surface area contributed by atoms with Crippen LogP contribution >= 0.6 is 35.0 Å². The number of thioether (sulfide) groups is 1. The van der Waals surface area contributed by atoms with E-state index in [0.717, 1.165) is 44.5 Å². The summed E-state index contributed by atoms with van der Waals surface area (Å²) in [5, 5.41) is 1.45. The van der Waals surface area contributed by atoms with Crippen LogP contribution in [0.3, 0.4) is 0 Å². The first-order valence-electron chi connectivity index (χ1n) is 11.1. The van der Waals surface area contributed by atoms with Crippen LogP contribution in [0.4, 0.5) is 24.5 Å². The Morgan fingerprint density at radius 3 is 2.14 bits per heavy atom. The van der Waals surface area contributed by atoms with Gasteiger partial charge in [0.2, 0.25) is 5.96 Å². The third-order valence-electron chi connectivity index (χ3n) is 6.23. The highest BCUT2D eigenvalue weighted by molar-refractivity contribution is 8.04. The largest absolute Gasteiger partial charge is 0.416 e. The van der Waals surface area contributed by atoms with Crippen molar-refractivity contribution in [2.75, 3.05) is 22.9 Å². The predicted molar refractivity (Wildman–Crippen MR) is 136 cm³/mol. The van der Waals surface area contributed by atoms with Gasteiger partial charge in [-0.3, -0.25) is 4.90 Å². The summed E-state index contributed by atoms with van der Waals surface area (Å²) in [7, 11) is 0. The Morgan fingerprint density at radius 1 is 0.914 bits per heavy atom. The van der Waals surface area contributed by atoms with Crippen molar-refractivity contribution in [2.24, 2.45) is 16.5 Å². The maximum atomic E-state index is 13.2. The van der Waals surface area contributed by atoms with E-state index >= 15 is 0 Å². The minimum absolute atomic E-state index is 0.404.